The van der Waals surface area contributed by atoms with Crippen LogP contribution in [-0.2, 0) is 23.8 Å². The van der Waals surface area contributed by atoms with E-state index in [0.29, 0.717) is 0 Å². The van der Waals surface area contributed by atoms with Crippen LogP contribution in [0.2, 0.25) is 0 Å². The number of hydrogen-bond donors (Lipinski definition) is 0. The summed E-state index contributed by atoms with van der Waals surface area (Å²) in [5, 5.41) is 4.12. The summed E-state index contributed by atoms with van der Waals surface area (Å²) in [7, 11) is 4.83. The molecule has 0 bridgehead atoms. The van der Waals surface area contributed by atoms with Gasteiger partial charge in [0.25, 0.3) is 6.29 Å². The normalized spacial score (nSPS) is 25.0. The van der Waals surface area contributed by atoms with Gasteiger partial charge in [0.15, 0.2) is 6.10 Å². The molecule has 1 saturated heterocycles. The summed E-state index contributed by atoms with van der Waals surface area (Å²) < 4.78 is 24.6. The van der Waals surface area contributed by atoms with Crippen molar-refractivity contribution in [3.8, 4) is 16.9 Å². The van der Waals surface area contributed by atoms with Crippen LogP contribution in [0.5, 0.6) is 0 Å². The summed E-state index contributed by atoms with van der Waals surface area (Å²) >= 11 is 0. The highest BCUT2D eigenvalue weighted by molar-refractivity contribution is 5.80. The molecule has 2 heterocycles. The molecule has 0 spiro atoms. The van der Waals surface area contributed by atoms with Crippen LogP contribution in [0.1, 0.15) is 18.1 Å². The molecule has 0 unspecified atom stereocenters. The number of methoxy groups -OCH3 is 3. The van der Waals surface area contributed by atoms with E-state index in [-0.39, 0.29) is 18.3 Å². The standard InChI is InChI=1S/C26H31N3O5/c1-17-6-12-21(13-7-17)29-15-22(27-16-29)20-10-8-19(9-11-20)14-28-34-26-25(32-5)24(31-4)23(30-3)18(2)33-26/h6-16,18,23-26H,1-5H3/b28-14+/t18-,23-,24+,25+,26-/m0/s1. The molecule has 8 nitrogen and oxygen atoms in total. The van der Waals surface area contributed by atoms with E-state index in [2.05, 4.69) is 41.3 Å². The Bertz CT molecular complexity index is 1080. The van der Waals surface area contributed by atoms with Gasteiger partial charge >= 0.3 is 0 Å². The van der Waals surface area contributed by atoms with Gasteiger partial charge in [0.2, 0.25) is 0 Å². The Morgan fingerprint density at radius 3 is 2.24 bits per heavy atom. The van der Waals surface area contributed by atoms with E-state index < -0.39 is 12.4 Å². The number of aromatic nitrogens is 2. The largest absolute Gasteiger partial charge is 0.376 e. The van der Waals surface area contributed by atoms with E-state index in [0.717, 1.165) is 22.5 Å². The van der Waals surface area contributed by atoms with Crippen molar-refractivity contribution in [3.63, 3.8) is 0 Å². The molecule has 5 atom stereocenters. The number of hydrogen-bond acceptors (Lipinski definition) is 7. The molecule has 0 amide bonds. The minimum absolute atomic E-state index is 0.236. The summed E-state index contributed by atoms with van der Waals surface area (Å²) in [6.07, 6.45) is 3.45. The van der Waals surface area contributed by atoms with Gasteiger partial charge in [-0.25, -0.2) is 4.98 Å². The van der Waals surface area contributed by atoms with E-state index in [9.17, 15) is 0 Å². The Labute approximate surface area is 200 Å². The predicted molar refractivity (Wildman–Crippen MR) is 129 cm³/mol. The monoisotopic (exact) mass is 465 g/mol. The third-order valence-electron chi connectivity index (χ3n) is 6.03. The Hall–Kier alpha value is -3.04. The fourth-order valence-corrected chi connectivity index (χ4v) is 4.12. The fraction of sp³-hybridized carbons (Fsp3) is 0.385. The average Bonchev–Trinajstić information content (AvgIpc) is 3.35. The van der Waals surface area contributed by atoms with Gasteiger partial charge in [0.05, 0.1) is 24.3 Å². The van der Waals surface area contributed by atoms with Gasteiger partial charge in [-0.2, -0.15) is 0 Å². The molecule has 1 aromatic heterocycles. The molecule has 2 aromatic carbocycles. The van der Waals surface area contributed by atoms with Gasteiger partial charge in [0.1, 0.15) is 12.2 Å². The van der Waals surface area contributed by atoms with Crippen molar-refractivity contribution in [2.24, 2.45) is 5.16 Å². The van der Waals surface area contributed by atoms with Gasteiger partial charge < -0.3 is 28.4 Å². The van der Waals surface area contributed by atoms with Crippen LogP contribution in [0, 0.1) is 6.92 Å². The Morgan fingerprint density at radius 1 is 0.912 bits per heavy atom. The van der Waals surface area contributed by atoms with Crippen LogP contribution in [-0.4, -0.2) is 67.8 Å². The lowest BCUT2D eigenvalue weighted by atomic mass is 9.99. The number of nitrogens with zero attached hydrogens (tertiary/aromatic N) is 3. The van der Waals surface area contributed by atoms with Crippen LogP contribution >= 0.6 is 0 Å². The highest BCUT2D eigenvalue weighted by Gasteiger charge is 2.46. The van der Waals surface area contributed by atoms with Gasteiger partial charge in [-0.1, -0.05) is 47.1 Å². The summed E-state index contributed by atoms with van der Waals surface area (Å²) in [6, 6.07) is 16.3. The van der Waals surface area contributed by atoms with Crippen LogP contribution in [0.4, 0.5) is 0 Å². The number of benzene rings is 2. The Balaban J connectivity index is 1.40. The minimum atomic E-state index is -0.711. The van der Waals surface area contributed by atoms with E-state index in [1.807, 2.05) is 48.3 Å². The van der Waals surface area contributed by atoms with Crippen molar-refractivity contribution < 1.29 is 23.8 Å². The molecule has 4 rings (SSSR count). The van der Waals surface area contributed by atoms with Crippen molar-refractivity contribution in [1.29, 1.82) is 0 Å². The van der Waals surface area contributed by atoms with Gasteiger partial charge in [-0.15, -0.1) is 0 Å². The van der Waals surface area contributed by atoms with Crippen molar-refractivity contribution in [2.45, 2.75) is 44.6 Å². The maximum absolute atomic E-state index is 5.91. The van der Waals surface area contributed by atoms with Crippen molar-refractivity contribution in [1.82, 2.24) is 9.55 Å². The quantitative estimate of drug-likeness (QED) is 0.370. The van der Waals surface area contributed by atoms with Crippen LogP contribution < -0.4 is 0 Å². The lowest BCUT2D eigenvalue weighted by molar-refractivity contribution is -0.305. The van der Waals surface area contributed by atoms with Crippen LogP contribution in [0.25, 0.3) is 16.9 Å². The third-order valence-corrected chi connectivity index (χ3v) is 6.03. The number of oxime groups is 1. The maximum Gasteiger partial charge on any atom is 0.256 e. The van der Waals surface area contributed by atoms with Gasteiger partial charge in [-0.3, -0.25) is 0 Å². The highest BCUT2D eigenvalue weighted by atomic mass is 16.8. The second-order valence-corrected chi connectivity index (χ2v) is 8.27. The van der Waals surface area contributed by atoms with E-state index in [4.69, 9.17) is 23.8 Å². The lowest BCUT2D eigenvalue weighted by Crippen LogP contribution is -2.59. The first kappa shape index (κ1) is 24.1. The Morgan fingerprint density at radius 2 is 1.59 bits per heavy atom. The number of ether oxygens (including phenoxy) is 4. The van der Waals surface area contributed by atoms with E-state index >= 15 is 0 Å². The average molecular weight is 466 g/mol. The zero-order valence-corrected chi connectivity index (χ0v) is 20.1. The SMILES string of the molecule is CO[C@@H]1[C@@H](OC)[C@H](C)O[C@@H](O/N=C/c2ccc(-c3cn(-c4ccc(C)cc4)cn3)cc2)[C@@H]1OC. The third kappa shape index (κ3) is 5.20. The summed E-state index contributed by atoms with van der Waals surface area (Å²) in [5.41, 5.74) is 5.10. The summed E-state index contributed by atoms with van der Waals surface area (Å²) in [6.45, 7) is 3.98. The van der Waals surface area contributed by atoms with E-state index in [1.165, 1.54) is 5.56 Å². The van der Waals surface area contributed by atoms with Gasteiger partial charge in [0, 0.05) is 38.8 Å². The molecule has 0 aliphatic carbocycles. The lowest BCUT2D eigenvalue weighted by Gasteiger charge is -2.42. The molecule has 0 saturated carbocycles. The first-order valence-electron chi connectivity index (χ1n) is 11.2. The van der Waals surface area contributed by atoms with Crippen LogP contribution in [0.3, 0.4) is 0 Å². The minimum Gasteiger partial charge on any atom is -0.376 e. The topological polar surface area (TPSA) is 76.3 Å². The number of aryl methyl sites for hydroxylation is 1. The first-order chi connectivity index (χ1) is 16.5. The summed E-state index contributed by atoms with van der Waals surface area (Å²) in [4.78, 5) is 10.2. The zero-order valence-electron chi connectivity index (χ0n) is 20.1. The second kappa shape index (κ2) is 10.9. The molecule has 0 N–H and O–H groups in total. The molecule has 8 heteroatoms. The van der Waals surface area contributed by atoms with Crippen LogP contribution in [0.15, 0.2) is 66.2 Å². The molecule has 1 fully saturated rings. The maximum atomic E-state index is 5.91. The first-order valence-corrected chi connectivity index (χ1v) is 11.2. The zero-order chi connectivity index (χ0) is 24.1. The second-order valence-electron chi connectivity index (χ2n) is 8.27. The smallest absolute Gasteiger partial charge is 0.256 e. The predicted octanol–water partition coefficient (Wildman–Crippen LogP) is 3.99. The molecular weight excluding hydrogens is 434 g/mol. The van der Waals surface area contributed by atoms with Gasteiger partial charge in [-0.05, 0) is 31.5 Å². The molecule has 1 aliphatic heterocycles. The fourth-order valence-electron chi connectivity index (χ4n) is 4.12. The van der Waals surface area contributed by atoms with E-state index in [1.54, 1.807) is 27.5 Å². The Kier molecular flexibility index (Phi) is 7.74. The molecule has 180 valence electrons. The molecule has 1 aliphatic rings. The molecule has 0 radical (unpaired) electrons. The molecule has 34 heavy (non-hydrogen) atoms. The number of rotatable bonds is 8. The molecule has 3 aromatic rings. The summed E-state index contributed by atoms with van der Waals surface area (Å²) in [5.74, 6) is 0. The highest BCUT2D eigenvalue weighted by Crippen LogP contribution is 2.27. The van der Waals surface area contributed by atoms with Crippen molar-refractivity contribution in [2.75, 3.05) is 21.3 Å². The van der Waals surface area contributed by atoms with Crippen molar-refractivity contribution >= 4 is 6.21 Å². The molecular formula is C26H31N3O5. The number of imidazole rings is 1. The van der Waals surface area contributed by atoms with Crippen molar-refractivity contribution in [3.05, 3.63) is 72.2 Å².